The van der Waals surface area contributed by atoms with E-state index >= 15 is 0 Å². The molecule has 0 spiro atoms. The zero-order valence-electron chi connectivity index (χ0n) is 18.2. The van der Waals surface area contributed by atoms with Gasteiger partial charge in [0.2, 0.25) is 5.91 Å². The van der Waals surface area contributed by atoms with Crippen molar-refractivity contribution < 1.29 is 19.2 Å². The molecule has 0 saturated heterocycles. The van der Waals surface area contributed by atoms with Crippen LogP contribution in [0.2, 0.25) is 0 Å². The maximum Gasteiger partial charge on any atom is 0.273 e. The summed E-state index contributed by atoms with van der Waals surface area (Å²) >= 11 is 4.43. The van der Waals surface area contributed by atoms with Crippen molar-refractivity contribution in [2.75, 3.05) is 6.61 Å². The van der Waals surface area contributed by atoms with E-state index in [-0.39, 0.29) is 12.1 Å². The van der Waals surface area contributed by atoms with E-state index in [9.17, 15) is 14.9 Å². The van der Waals surface area contributed by atoms with Gasteiger partial charge in [-0.15, -0.1) is 0 Å². The number of nitro groups is 1. The topological polar surface area (TPSA) is 103 Å². The molecule has 0 saturated carbocycles. The second kappa shape index (κ2) is 12.6. The third kappa shape index (κ3) is 7.38. The maximum atomic E-state index is 12.2. The van der Waals surface area contributed by atoms with E-state index in [1.54, 1.807) is 24.3 Å². The van der Waals surface area contributed by atoms with Crippen molar-refractivity contribution in [2.24, 2.45) is 5.10 Å². The van der Waals surface area contributed by atoms with Crippen LogP contribution in [0.1, 0.15) is 23.6 Å². The quantitative estimate of drug-likeness (QED) is 0.132. The average Bonchev–Trinajstić information content (AvgIpc) is 2.80. The second-order valence-corrected chi connectivity index (χ2v) is 9.44. The van der Waals surface area contributed by atoms with Gasteiger partial charge in [-0.25, -0.2) is 5.43 Å². The number of hydrogen-bond acceptors (Lipinski definition) is 6. The number of hydrazone groups is 1. The lowest BCUT2D eigenvalue weighted by molar-refractivity contribution is -0.385. The van der Waals surface area contributed by atoms with Gasteiger partial charge in [-0.05, 0) is 87.5 Å². The smallest absolute Gasteiger partial charge is 0.273 e. The van der Waals surface area contributed by atoms with Crippen molar-refractivity contribution in [3.63, 3.8) is 0 Å². The average molecular weight is 685 g/mol. The fourth-order valence-corrected chi connectivity index (χ4v) is 4.17. The van der Waals surface area contributed by atoms with Crippen molar-refractivity contribution in [3.05, 3.63) is 94.6 Å². The first-order valence-electron chi connectivity index (χ1n) is 10.2. The minimum Gasteiger partial charge on any atom is -0.490 e. The summed E-state index contributed by atoms with van der Waals surface area (Å²) in [5.74, 6) is 0.758. The van der Waals surface area contributed by atoms with Gasteiger partial charge in [0, 0.05) is 15.2 Å². The van der Waals surface area contributed by atoms with Gasteiger partial charge in [-0.3, -0.25) is 14.9 Å². The lowest BCUT2D eigenvalue weighted by atomic mass is 10.1. The van der Waals surface area contributed by atoms with Crippen molar-refractivity contribution in [1.82, 2.24) is 5.43 Å². The van der Waals surface area contributed by atoms with Crippen LogP contribution in [-0.4, -0.2) is 23.7 Å². The van der Waals surface area contributed by atoms with Gasteiger partial charge in [0.25, 0.3) is 5.69 Å². The van der Waals surface area contributed by atoms with Gasteiger partial charge in [-0.1, -0.05) is 30.3 Å². The molecule has 0 aliphatic rings. The molecule has 0 radical (unpaired) electrons. The number of carbonyl (C=O) groups excluding carboxylic acids is 1. The Labute approximate surface area is 224 Å². The van der Waals surface area contributed by atoms with Gasteiger partial charge in [0.05, 0.1) is 27.7 Å². The normalized spacial score (nSPS) is 10.8. The molecule has 3 aromatic rings. The number of amides is 1. The van der Waals surface area contributed by atoms with E-state index in [0.29, 0.717) is 35.8 Å². The number of nitrogens with one attached hydrogen (secondary N) is 1. The molecule has 1 N–H and O–H groups in total. The summed E-state index contributed by atoms with van der Waals surface area (Å²) in [5, 5.41) is 15.1. The zero-order valence-corrected chi connectivity index (χ0v) is 22.5. The molecular formula is C24H21I2N3O5. The number of carbonyl (C=O) groups is 1. The zero-order chi connectivity index (χ0) is 24.5. The summed E-state index contributed by atoms with van der Waals surface area (Å²) in [4.78, 5) is 22.8. The summed E-state index contributed by atoms with van der Waals surface area (Å²) < 4.78 is 13.8. The lowest BCUT2D eigenvalue weighted by Crippen LogP contribution is -2.20. The summed E-state index contributed by atoms with van der Waals surface area (Å²) in [6, 6.07) is 17.9. The number of ether oxygens (including phenoxy) is 2. The highest BCUT2D eigenvalue weighted by molar-refractivity contribution is 14.1. The van der Waals surface area contributed by atoms with Crippen LogP contribution < -0.4 is 14.9 Å². The molecule has 3 rings (SSSR count). The van der Waals surface area contributed by atoms with Crippen molar-refractivity contribution in [3.8, 4) is 11.5 Å². The number of nitrogens with zero attached hydrogens (tertiary/aromatic N) is 2. The van der Waals surface area contributed by atoms with E-state index in [1.807, 2.05) is 37.3 Å². The Hall–Kier alpha value is -2.74. The number of halogens is 2. The largest absolute Gasteiger partial charge is 0.490 e. The molecule has 1 amide bonds. The van der Waals surface area contributed by atoms with Crippen molar-refractivity contribution in [2.45, 2.75) is 20.0 Å². The SMILES string of the molecule is CCOc1cc(/C=N/NC(=O)Cc2ccccc2[N+](=O)[O-])cc(I)c1OCc1ccc(I)cc1. The molecule has 0 aromatic heterocycles. The van der Waals surface area contributed by atoms with E-state index in [1.165, 1.54) is 12.3 Å². The maximum absolute atomic E-state index is 12.2. The van der Waals surface area contributed by atoms with Crippen LogP contribution in [0, 0.1) is 17.3 Å². The van der Waals surface area contributed by atoms with E-state index in [2.05, 4.69) is 55.7 Å². The predicted molar refractivity (Wildman–Crippen MR) is 146 cm³/mol. The number of para-hydroxylation sites is 1. The van der Waals surface area contributed by atoms with E-state index < -0.39 is 10.8 Å². The van der Waals surface area contributed by atoms with Crippen LogP contribution in [0.15, 0.2) is 65.8 Å². The third-order valence-electron chi connectivity index (χ3n) is 4.57. The van der Waals surface area contributed by atoms with Crippen LogP contribution in [0.25, 0.3) is 0 Å². The van der Waals surface area contributed by atoms with Gasteiger partial charge in [-0.2, -0.15) is 5.10 Å². The molecule has 0 atom stereocenters. The minimum absolute atomic E-state index is 0.0987. The number of nitro benzene ring substituents is 1. The first kappa shape index (κ1) is 25.9. The molecule has 176 valence electrons. The Bertz CT molecular complexity index is 1200. The summed E-state index contributed by atoms with van der Waals surface area (Å²) in [7, 11) is 0. The first-order chi connectivity index (χ1) is 16.4. The first-order valence-corrected chi connectivity index (χ1v) is 12.4. The van der Waals surface area contributed by atoms with Gasteiger partial charge in [0.1, 0.15) is 6.61 Å². The fraction of sp³-hybridized carbons (Fsp3) is 0.167. The number of hydrogen-bond donors (Lipinski definition) is 1. The van der Waals surface area contributed by atoms with Crippen LogP contribution in [0.3, 0.4) is 0 Å². The predicted octanol–water partition coefficient (Wildman–Crippen LogP) is 5.47. The van der Waals surface area contributed by atoms with E-state index in [4.69, 9.17) is 9.47 Å². The molecule has 3 aromatic carbocycles. The van der Waals surface area contributed by atoms with Crippen LogP contribution >= 0.6 is 45.2 Å². The third-order valence-corrected chi connectivity index (χ3v) is 6.09. The number of benzene rings is 3. The highest BCUT2D eigenvalue weighted by Crippen LogP contribution is 2.34. The molecule has 0 bridgehead atoms. The molecule has 0 aliphatic heterocycles. The Morgan fingerprint density at radius 2 is 1.85 bits per heavy atom. The van der Waals surface area contributed by atoms with Crippen molar-refractivity contribution in [1.29, 1.82) is 0 Å². The van der Waals surface area contributed by atoms with E-state index in [0.717, 1.165) is 12.7 Å². The number of rotatable bonds is 10. The summed E-state index contributed by atoms with van der Waals surface area (Å²) in [6.07, 6.45) is 1.34. The molecule has 0 fully saturated rings. The van der Waals surface area contributed by atoms with Crippen molar-refractivity contribution >= 4 is 63.0 Å². The molecule has 0 heterocycles. The van der Waals surface area contributed by atoms with Crippen LogP contribution in [0.5, 0.6) is 11.5 Å². The lowest BCUT2D eigenvalue weighted by Gasteiger charge is -2.15. The standard InChI is InChI=1S/C24H21I2N3O5/c1-2-33-22-12-17(11-20(26)24(22)34-15-16-7-9-19(25)10-8-16)14-27-28-23(30)13-18-5-3-4-6-21(18)29(31)32/h3-12,14H,2,13,15H2,1H3,(H,28,30)/b27-14+. The van der Waals surface area contributed by atoms with Gasteiger partial charge >= 0.3 is 0 Å². The Balaban J connectivity index is 1.67. The minimum atomic E-state index is -0.509. The molecule has 0 aliphatic carbocycles. The monoisotopic (exact) mass is 685 g/mol. The van der Waals surface area contributed by atoms with Crippen LogP contribution in [0.4, 0.5) is 5.69 Å². The fourth-order valence-electron chi connectivity index (χ4n) is 3.03. The second-order valence-electron chi connectivity index (χ2n) is 7.03. The molecule has 8 nitrogen and oxygen atoms in total. The molecular weight excluding hydrogens is 664 g/mol. The van der Waals surface area contributed by atoms with Crippen LogP contribution in [-0.2, 0) is 17.8 Å². The van der Waals surface area contributed by atoms with Gasteiger partial charge < -0.3 is 9.47 Å². The Kier molecular flexibility index (Phi) is 9.62. The highest BCUT2D eigenvalue weighted by Gasteiger charge is 2.15. The Morgan fingerprint density at radius 1 is 1.12 bits per heavy atom. The highest BCUT2D eigenvalue weighted by atomic mass is 127. The molecule has 34 heavy (non-hydrogen) atoms. The van der Waals surface area contributed by atoms with Gasteiger partial charge in [0.15, 0.2) is 11.5 Å². The Morgan fingerprint density at radius 3 is 2.56 bits per heavy atom. The summed E-state index contributed by atoms with van der Waals surface area (Å²) in [5.41, 5.74) is 4.39. The molecule has 10 heteroatoms. The summed E-state index contributed by atoms with van der Waals surface area (Å²) in [6.45, 7) is 2.75. The molecule has 0 unspecified atom stereocenters.